The number of nitrogens with one attached hydrogen (secondary N) is 1. The Morgan fingerprint density at radius 3 is 2.90 bits per heavy atom. The second-order valence-electron chi connectivity index (χ2n) is 5.41. The highest BCUT2D eigenvalue weighted by Crippen LogP contribution is 2.23. The van der Waals surface area contributed by atoms with Gasteiger partial charge in [-0.1, -0.05) is 0 Å². The molecule has 1 aromatic heterocycles. The number of hydrogen-bond acceptors (Lipinski definition) is 4. The van der Waals surface area contributed by atoms with Crippen molar-refractivity contribution in [2.45, 2.75) is 19.8 Å². The van der Waals surface area contributed by atoms with Gasteiger partial charge in [0.2, 0.25) is 0 Å². The Bertz CT molecular complexity index is 656. The molecule has 2 aromatic rings. The second kappa shape index (κ2) is 5.67. The summed E-state index contributed by atoms with van der Waals surface area (Å²) < 4.78 is 11.1. The van der Waals surface area contributed by atoms with Gasteiger partial charge < -0.3 is 14.5 Å². The summed E-state index contributed by atoms with van der Waals surface area (Å²) in [5.41, 5.74) is 1.21. The number of ether oxygens (including phenoxy) is 1. The van der Waals surface area contributed by atoms with E-state index in [1.54, 1.807) is 0 Å². The van der Waals surface area contributed by atoms with Gasteiger partial charge in [0.15, 0.2) is 0 Å². The van der Waals surface area contributed by atoms with Crippen LogP contribution in [0, 0.1) is 12.8 Å². The van der Waals surface area contributed by atoms with E-state index in [4.69, 9.17) is 9.15 Å². The van der Waals surface area contributed by atoms with Crippen molar-refractivity contribution >= 4 is 11.0 Å². The van der Waals surface area contributed by atoms with Gasteiger partial charge >= 0.3 is 5.63 Å². The fourth-order valence-electron chi connectivity index (χ4n) is 2.66. The van der Waals surface area contributed by atoms with Crippen molar-refractivity contribution in [1.82, 2.24) is 5.32 Å². The van der Waals surface area contributed by atoms with E-state index in [1.807, 2.05) is 25.1 Å². The smallest absolute Gasteiger partial charge is 0.336 e. The molecule has 0 amide bonds. The van der Waals surface area contributed by atoms with Gasteiger partial charge in [-0.15, -0.1) is 0 Å². The van der Waals surface area contributed by atoms with Crippen LogP contribution in [0.2, 0.25) is 0 Å². The molecule has 0 saturated carbocycles. The monoisotopic (exact) mass is 273 g/mol. The van der Waals surface area contributed by atoms with Crippen LogP contribution in [0.5, 0.6) is 5.75 Å². The van der Waals surface area contributed by atoms with E-state index in [-0.39, 0.29) is 5.63 Å². The highest BCUT2D eigenvalue weighted by atomic mass is 16.5. The van der Waals surface area contributed by atoms with E-state index in [0.29, 0.717) is 11.5 Å². The quantitative estimate of drug-likeness (QED) is 0.873. The molecule has 3 rings (SSSR count). The van der Waals surface area contributed by atoms with Crippen LogP contribution in [0.15, 0.2) is 33.5 Å². The van der Waals surface area contributed by atoms with E-state index >= 15 is 0 Å². The van der Waals surface area contributed by atoms with Gasteiger partial charge in [0, 0.05) is 17.5 Å². The summed E-state index contributed by atoms with van der Waals surface area (Å²) in [4.78, 5) is 11.4. The Labute approximate surface area is 117 Å². The van der Waals surface area contributed by atoms with Crippen LogP contribution in [-0.2, 0) is 0 Å². The van der Waals surface area contributed by atoms with Gasteiger partial charge in [0.1, 0.15) is 11.3 Å². The van der Waals surface area contributed by atoms with Gasteiger partial charge in [-0.25, -0.2) is 4.79 Å². The Hall–Kier alpha value is -1.81. The van der Waals surface area contributed by atoms with Gasteiger partial charge in [0.25, 0.3) is 0 Å². The summed E-state index contributed by atoms with van der Waals surface area (Å²) >= 11 is 0. The van der Waals surface area contributed by atoms with Gasteiger partial charge in [-0.2, -0.15) is 0 Å². The number of benzene rings is 1. The predicted octanol–water partition coefficient (Wildman–Crippen LogP) is 2.48. The van der Waals surface area contributed by atoms with Crippen LogP contribution in [-0.4, -0.2) is 19.7 Å². The molecular weight excluding hydrogens is 254 g/mol. The molecule has 4 nitrogen and oxygen atoms in total. The highest BCUT2D eigenvalue weighted by molar-refractivity contribution is 5.81. The Kier molecular flexibility index (Phi) is 3.74. The third-order valence-corrected chi connectivity index (χ3v) is 3.87. The van der Waals surface area contributed by atoms with Crippen molar-refractivity contribution < 1.29 is 9.15 Å². The zero-order valence-electron chi connectivity index (χ0n) is 11.6. The van der Waals surface area contributed by atoms with Crippen LogP contribution in [0.25, 0.3) is 11.0 Å². The van der Waals surface area contributed by atoms with Crippen molar-refractivity contribution in [3.63, 3.8) is 0 Å². The zero-order valence-corrected chi connectivity index (χ0v) is 11.6. The molecule has 1 aliphatic heterocycles. The minimum atomic E-state index is -0.314. The van der Waals surface area contributed by atoms with Crippen molar-refractivity contribution in [2.75, 3.05) is 19.7 Å². The van der Waals surface area contributed by atoms with Crippen LogP contribution < -0.4 is 15.7 Å². The zero-order chi connectivity index (χ0) is 13.9. The summed E-state index contributed by atoms with van der Waals surface area (Å²) in [5, 5.41) is 4.30. The van der Waals surface area contributed by atoms with Crippen LogP contribution >= 0.6 is 0 Å². The van der Waals surface area contributed by atoms with Crippen molar-refractivity contribution in [2.24, 2.45) is 5.92 Å². The standard InChI is InChI=1S/C16H19NO3/c1-11-8-16(18)20-15-9-13(2-3-14(11)15)19-10-12-4-6-17-7-5-12/h2-3,8-9,12,17H,4-7,10H2,1H3. The highest BCUT2D eigenvalue weighted by Gasteiger charge is 2.13. The van der Waals surface area contributed by atoms with Crippen molar-refractivity contribution in [1.29, 1.82) is 0 Å². The van der Waals surface area contributed by atoms with Crippen molar-refractivity contribution in [3.05, 3.63) is 40.2 Å². The van der Waals surface area contributed by atoms with Crippen LogP contribution in [0.1, 0.15) is 18.4 Å². The molecule has 0 atom stereocenters. The molecule has 0 radical (unpaired) electrons. The fraction of sp³-hybridized carbons (Fsp3) is 0.438. The molecule has 2 heterocycles. The lowest BCUT2D eigenvalue weighted by atomic mass is 9.99. The summed E-state index contributed by atoms with van der Waals surface area (Å²) in [6.07, 6.45) is 2.31. The van der Waals surface area contributed by atoms with E-state index in [2.05, 4.69) is 5.32 Å². The third kappa shape index (κ3) is 2.85. The molecule has 4 heteroatoms. The molecule has 20 heavy (non-hydrogen) atoms. The van der Waals surface area contributed by atoms with Crippen molar-refractivity contribution in [3.8, 4) is 5.75 Å². The third-order valence-electron chi connectivity index (χ3n) is 3.87. The maximum absolute atomic E-state index is 11.4. The average Bonchev–Trinajstić information content (AvgIpc) is 2.45. The molecule has 0 bridgehead atoms. The van der Waals surface area contributed by atoms with Gasteiger partial charge in [0.05, 0.1) is 6.61 Å². The lowest BCUT2D eigenvalue weighted by molar-refractivity contribution is 0.215. The fourth-order valence-corrected chi connectivity index (χ4v) is 2.66. The number of piperidine rings is 1. The summed E-state index contributed by atoms with van der Waals surface area (Å²) in [5.74, 6) is 1.38. The number of fused-ring (bicyclic) bond motifs is 1. The predicted molar refractivity (Wildman–Crippen MR) is 78.3 cm³/mol. The molecule has 0 unspecified atom stereocenters. The number of rotatable bonds is 3. The number of aryl methyl sites for hydroxylation is 1. The molecule has 0 aliphatic carbocycles. The van der Waals surface area contributed by atoms with Crippen LogP contribution in [0.3, 0.4) is 0 Å². The summed E-state index contributed by atoms with van der Waals surface area (Å²) in [7, 11) is 0. The first-order valence-corrected chi connectivity index (χ1v) is 7.10. The minimum Gasteiger partial charge on any atom is -0.493 e. The first kappa shape index (κ1) is 13.2. The first-order chi connectivity index (χ1) is 9.72. The van der Waals surface area contributed by atoms with E-state index in [1.165, 1.54) is 6.07 Å². The molecule has 1 N–H and O–H groups in total. The SMILES string of the molecule is Cc1cc(=O)oc2cc(OCC3CCNCC3)ccc12. The normalized spacial score (nSPS) is 16.4. The van der Waals surface area contributed by atoms with Gasteiger partial charge in [-0.05, 0) is 56.5 Å². The molecule has 0 spiro atoms. The second-order valence-corrected chi connectivity index (χ2v) is 5.41. The molecule has 1 saturated heterocycles. The summed E-state index contributed by atoms with van der Waals surface area (Å²) in [6, 6.07) is 7.21. The largest absolute Gasteiger partial charge is 0.493 e. The van der Waals surface area contributed by atoms with E-state index < -0.39 is 0 Å². The Morgan fingerprint density at radius 1 is 1.30 bits per heavy atom. The van der Waals surface area contributed by atoms with Gasteiger partial charge in [-0.3, -0.25) is 0 Å². The maximum Gasteiger partial charge on any atom is 0.336 e. The number of hydrogen-bond donors (Lipinski definition) is 1. The molecular formula is C16H19NO3. The van der Waals surface area contributed by atoms with E-state index in [0.717, 1.165) is 49.2 Å². The Morgan fingerprint density at radius 2 is 2.10 bits per heavy atom. The van der Waals surface area contributed by atoms with Crippen LogP contribution in [0.4, 0.5) is 0 Å². The lowest BCUT2D eigenvalue weighted by Crippen LogP contribution is -2.30. The average molecular weight is 273 g/mol. The molecule has 106 valence electrons. The lowest BCUT2D eigenvalue weighted by Gasteiger charge is -2.22. The summed E-state index contributed by atoms with van der Waals surface area (Å²) in [6.45, 7) is 4.78. The molecule has 1 aromatic carbocycles. The first-order valence-electron chi connectivity index (χ1n) is 7.10. The van der Waals surface area contributed by atoms with E-state index in [9.17, 15) is 4.79 Å². The minimum absolute atomic E-state index is 0.314. The molecule has 1 aliphatic rings. The Balaban J connectivity index is 1.76. The molecule has 1 fully saturated rings. The maximum atomic E-state index is 11.4. The topological polar surface area (TPSA) is 51.5 Å².